The van der Waals surface area contributed by atoms with Crippen LogP contribution in [0.4, 0.5) is 0 Å². The first kappa shape index (κ1) is 24.1. The van der Waals surface area contributed by atoms with Crippen LogP contribution in [-0.4, -0.2) is 36.7 Å². The molecule has 0 unspecified atom stereocenters. The molecule has 0 bridgehead atoms. The number of Topliss-reactive ketones (excluding diaryl/α,β-unsaturated/α-hetero) is 2. The van der Waals surface area contributed by atoms with Gasteiger partial charge < -0.3 is 9.47 Å². The molecule has 2 atom stereocenters. The van der Waals surface area contributed by atoms with Crippen LogP contribution in [0.25, 0.3) is 21.5 Å². The summed E-state index contributed by atoms with van der Waals surface area (Å²) in [6, 6.07) is 17.0. The van der Waals surface area contributed by atoms with Gasteiger partial charge in [0.25, 0.3) is 0 Å². The number of esters is 2. The molecule has 0 spiro atoms. The van der Waals surface area contributed by atoms with E-state index in [1.54, 1.807) is 13.8 Å². The van der Waals surface area contributed by atoms with Gasteiger partial charge in [0.2, 0.25) is 0 Å². The van der Waals surface area contributed by atoms with Crippen LogP contribution >= 0.6 is 0 Å². The first-order valence-electron chi connectivity index (χ1n) is 11.1. The van der Waals surface area contributed by atoms with Gasteiger partial charge in [0.05, 0.1) is 13.2 Å². The largest absolute Gasteiger partial charge is 0.465 e. The van der Waals surface area contributed by atoms with Gasteiger partial charge in [-0.05, 0) is 60.9 Å². The van der Waals surface area contributed by atoms with Crippen molar-refractivity contribution in [2.24, 2.45) is 11.8 Å². The molecular weight excluding hydrogens is 420 g/mol. The molecule has 0 aliphatic heterocycles. The number of ether oxygens (including phenoxy) is 2. The van der Waals surface area contributed by atoms with Crippen molar-refractivity contribution in [1.29, 1.82) is 0 Å². The molecular formula is C27H28O6. The third kappa shape index (κ3) is 4.80. The first-order valence-corrected chi connectivity index (χ1v) is 11.1. The number of rotatable bonds is 9. The normalized spacial score (nSPS) is 13.0. The van der Waals surface area contributed by atoms with E-state index in [4.69, 9.17) is 9.47 Å². The van der Waals surface area contributed by atoms with Gasteiger partial charge in [-0.3, -0.25) is 19.2 Å². The number of fused-ring (bicyclic) bond motifs is 2. The third-order valence-electron chi connectivity index (χ3n) is 5.82. The second-order valence-electron chi connectivity index (χ2n) is 7.94. The summed E-state index contributed by atoms with van der Waals surface area (Å²) in [6.07, 6.45) is 0. The Morgan fingerprint density at radius 2 is 1.09 bits per heavy atom. The van der Waals surface area contributed by atoms with E-state index in [-0.39, 0.29) is 13.2 Å². The average Bonchev–Trinajstić information content (AvgIpc) is 2.77. The molecule has 0 heterocycles. The van der Waals surface area contributed by atoms with Gasteiger partial charge in [-0.25, -0.2) is 0 Å². The summed E-state index contributed by atoms with van der Waals surface area (Å²) in [5.74, 6) is -6.27. The van der Waals surface area contributed by atoms with Crippen LogP contribution < -0.4 is 0 Å². The maximum absolute atomic E-state index is 13.1. The van der Waals surface area contributed by atoms with Gasteiger partial charge >= 0.3 is 11.9 Å². The topological polar surface area (TPSA) is 86.7 Å². The SMILES string of the molecule is CCOC(=O)[C@H](C(C)=O)C(c1c2ccccc2cc2ccccc12)[C@@H](C(C)=O)C(=O)OCC. The lowest BCUT2D eigenvalue weighted by atomic mass is 9.71. The lowest BCUT2D eigenvalue weighted by Crippen LogP contribution is -2.40. The Morgan fingerprint density at radius 3 is 1.45 bits per heavy atom. The quantitative estimate of drug-likeness (QED) is 0.270. The number of hydrogen-bond acceptors (Lipinski definition) is 6. The number of hydrogen-bond donors (Lipinski definition) is 0. The molecule has 0 fully saturated rings. The predicted molar refractivity (Wildman–Crippen MR) is 126 cm³/mol. The highest BCUT2D eigenvalue weighted by atomic mass is 16.5. The van der Waals surface area contributed by atoms with E-state index in [0.29, 0.717) is 5.56 Å². The van der Waals surface area contributed by atoms with Crippen LogP contribution in [0.15, 0.2) is 54.6 Å². The molecule has 0 saturated carbocycles. The average molecular weight is 449 g/mol. The maximum atomic E-state index is 13.1. The molecule has 3 rings (SSSR count). The van der Waals surface area contributed by atoms with E-state index < -0.39 is 41.3 Å². The van der Waals surface area contributed by atoms with Gasteiger partial charge in [0.1, 0.15) is 23.4 Å². The van der Waals surface area contributed by atoms with Crippen molar-refractivity contribution in [2.75, 3.05) is 13.2 Å². The molecule has 0 N–H and O–H groups in total. The summed E-state index contributed by atoms with van der Waals surface area (Å²) < 4.78 is 10.5. The Bertz CT molecular complexity index is 1120. The molecule has 0 aliphatic rings. The summed E-state index contributed by atoms with van der Waals surface area (Å²) in [5, 5.41) is 3.25. The molecule has 0 radical (unpaired) electrons. The molecule has 172 valence electrons. The van der Waals surface area contributed by atoms with Crippen LogP contribution in [0.1, 0.15) is 39.2 Å². The highest BCUT2D eigenvalue weighted by Crippen LogP contribution is 2.43. The van der Waals surface area contributed by atoms with Crippen molar-refractivity contribution >= 4 is 45.0 Å². The minimum Gasteiger partial charge on any atom is -0.465 e. The standard InChI is InChI=1S/C27H28O6/c1-5-32-26(30)22(16(3)28)25(23(17(4)29)27(31)33-6-2)24-20-13-9-7-11-18(20)15-19-12-8-10-14-21(19)24/h7-15,22-23,25H,5-6H2,1-4H3/t22-,23-/m1/s1. The van der Waals surface area contributed by atoms with Crippen LogP contribution in [0.2, 0.25) is 0 Å². The summed E-state index contributed by atoms with van der Waals surface area (Å²) in [7, 11) is 0. The molecule has 0 aliphatic carbocycles. The fourth-order valence-corrected chi connectivity index (χ4v) is 4.53. The van der Waals surface area contributed by atoms with Crippen molar-refractivity contribution in [3.63, 3.8) is 0 Å². The Morgan fingerprint density at radius 1 is 0.697 bits per heavy atom. The van der Waals surface area contributed by atoms with E-state index in [1.807, 2.05) is 54.6 Å². The van der Waals surface area contributed by atoms with Crippen molar-refractivity contribution in [3.8, 4) is 0 Å². The summed E-state index contributed by atoms with van der Waals surface area (Å²) in [4.78, 5) is 51.9. The Balaban J connectivity index is 2.46. The smallest absolute Gasteiger partial charge is 0.317 e. The predicted octanol–water partition coefficient (Wildman–Crippen LogP) is 4.61. The lowest BCUT2D eigenvalue weighted by molar-refractivity contribution is -0.157. The molecule has 33 heavy (non-hydrogen) atoms. The molecule has 6 heteroatoms. The fraction of sp³-hybridized carbons (Fsp3) is 0.333. The minimum atomic E-state index is -1.35. The van der Waals surface area contributed by atoms with E-state index in [9.17, 15) is 19.2 Å². The van der Waals surface area contributed by atoms with E-state index in [1.165, 1.54) is 13.8 Å². The highest BCUT2D eigenvalue weighted by molar-refractivity contribution is 6.09. The summed E-state index contributed by atoms with van der Waals surface area (Å²) >= 11 is 0. The van der Waals surface area contributed by atoms with Crippen LogP contribution in [0.5, 0.6) is 0 Å². The maximum Gasteiger partial charge on any atom is 0.317 e. The van der Waals surface area contributed by atoms with Crippen molar-refractivity contribution in [3.05, 3.63) is 60.2 Å². The zero-order valence-electron chi connectivity index (χ0n) is 19.3. The summed E-state index contributed by atoms with van der Waals surface area (Å²) in [5.41, 5.74) is 0.588. The number of carbonyl (C=O) groups excluding carboxylic acids is 4. The number of benzene rings is 3. The zero-order chi connectivity index (χ0) is 24.1. The Labute approximate surface area is 192 Å². The second-order valence-corrected chi connectivity index (χ2v) is 7.94. The lowest BCUT2D eigenvalue weighted by Gasteiger charge is -2.31. The van der Waals surface area contributed by atoms with Gasteiger partial charge in [0.15, 0.2) is 0 Å². The Kier molecular flexibility index (Phi) is 7.59. The number of ketones is 2. The number of carbonyl (C=O) groups is 4. The third-order valence-corrected chi connectivity index (χ3v) is 5.82. The van der Waals surface area contributed by atoms with Crippen molar-refractivity contribution < 1.29 is 28.7 Å². The van der Waals surface area contributed by atoms with Gasteiger partial charge in [-0.15, -0.1) is 0 Å². The van der Waals surface area contributed by atoms with Crippen molar-refractivity contribution in [2.45, 2.75) is 33.6 Å². The van der Waals surface area contributed by atoms with Crippen molar-refractivity contribution in [1.82, 2.24) is 0 Å². The van der Waals surface area contributed by atoms with Crippen LogP contribution in [-0.2, 0) is 28.7 Å². The first-order chi connectivity index (χ1) is 15.8. The van der Waals surface area contributed by atoms with Crippen LogP contribution in [0.3, 0.4) is 0 Å². The molecule has 0 amide bonds. The molecule has 3 aromatic rings. The molecule has 6 nitrogen and oxygen atoms in total. The molecule has 0 aromatic heterocycles. The highest BCUT2D eigenvalue weighted by Gasteiger charge is 2.46. The fourth-order valence-electron chi connectivity index (χ4n) is 4.53. The molecule has 0 saturated heterocycles. The Hall–Kier alpha value is -3.54. The minimum absolute atomic E-state index is 0.0652. The van der Waals surface area contributed by atoms with Gasteiger partial charge in [0, 0.05) is 5.92 Å². The van der Waals surface area contributed by atoms with Gasteiger partial charge in [-0.2, -0.15) is 0 Å². The summed E-state index contributed by atoms with van der Waals surface area (Å²) in [6.45, 7) is 5.98. The monoisotopic (exact) mass is 448 g/mol. The van der Waals surface area contributed by atoms with Crippen LogP contribution in [0, 0.1) is 11.8 Å². The van der Waals surface area contributed by atoms with E-state index in [0.717, 1.165) is 21.5 Å². The zero-order valence-corrected chi connectivity index (χ0v) is 19.3. The van der Waals surface area contributed by atoms with E-state index in [2.05, 4.69) is 0 Å². The van der Waals surface area contributed by atoms with Gasteiger partial charge in [-0.1, -0.05) is 48.5 Å². The second kappa shape index (κ2) is 10.4. The van der Waals surface area contributed by atoms with E-state index >= 15 is 0 Å². The molecule has 3 aromatic carbocycles.